The number of thiazole rings is 1. The third-order valence-corrected chi connectivity index (χ3v) is 4.46. The normalized spacial score (nSPS) is 10.8. The van der Waals surface area contributed by atoms with E-state index in [1.54, 1.807) is 29.9 Å². The van der Waals surface area contributed by atoms with E-state index in [2.05, 4.69) is 20.3 Å². The third kappa shape index (κ3) is 3.68. The quantitative estimate of drug-likeness (QED) is 0.746. The van der Waals surface area contributed by atoms with Gasteiger partial charge in [-0.2, -0.15) is 0 Å². The number of rotatable bonds is 5. The van der Waals surface area contributed by atoms with Crippen molar-refractivity contribution in [3.63, 3.8) is 0 Å². The lowest BCUT2D eigenvalue weighted by Gasteiger charge is -2.07. The fourth-order valence-corrected chi connectivity index (χ4v) is 3.33. The molecule has 0 aliphatic heterocycles. The number of halogens is 1. The maximum atomic E-state index is 13.9. The molecule has 0 bridgehead atoms. The molecule has 0 saturated carbocycles. The van der Waals surface area contributed by atoms with Crippen molar-refractivity contribution in [3.05, 3.63) is 57.7 Å². The number of hydrogen-bond donors (Lipinski definition) is 2. The molecule has 7 heteroatoms. The molecule has 2 N–H and O–H groups in total. The van der Waals surface area contributed by atoms with Crippen molar-refractivity contribution in [2.24, 2.45) is 0 Å². The van der Waals surface area contributed by atoms with Gasteiger partial charge >= 0.3 is 0 Å². The second kappa shape index (κ2) is 6.92. The minimum Gasteiger partial charge on any atom is -0.352 e. The second-order valence-corrected chi connectivity index (χ2v) is 6.86. The smallest absolute Gasteiger partial charge is 0.251 e. The van der Waals surface area contributed by atoms with Crippen molar-refractivity contribution < 1.29 is 9.18 Å². The number of carbonyl (C=O) groups excluding carboxylic acids is 1. The van der Waals surface area contributed by atoms with Gasteiger partial charge in [0.15, 0.2) is 0 Å². The number of amides is 1. The first-order chi connectivity index (χ1) is 11.5. The number of nitrogens with zero attached hydrogens (tertiary/aromatic N) is 2. The largest absolute Gasteiger partial charge is 0.352 e. The van der Waals surface area contributed by atoms with Gasteiger partial charge in [0.1, 0.15) is 5.82 Å². The summed E-state index contributed by atoms with van der Waals surface area (Å²) in [6, 6.07) is 4.32. The maximum absolute atomic E-state index is 13.9. The lowest BCUT2D eigenvalue weighted by molar-refractivity contribution is 0.0953. The summed E-state index contributed by atoms with van der Waals surface area (Å²) in [7, 11) is 0. The van der Waals surface area contributed by atoms with Crippen LogP contribution in [0.1, 0.15) is 25.9 Å². The molecule has 2 heterocycles. The molecule has 2 aromatic heterocycles. The van der Waals surface area contributed by atoms with Gasteiger partial charge in [0.2, 0.25) is 0 Å². The van der Waals surface area contributed by atoms with Crippen LogP contribution in [0.2, 0.25) is 0 Å². The Labute approximate surface area is 143 Å². The van der Waals surface area contributed by atoms with E-state index in [9.17, 15) is 9.18 Å². The van der Waals surface area contributed by atoms with Crippen molar-refractivity contribution >= 4 is 17.2 Å². The van der Waals surface area contributed by atoms with Crippen LogP contribution < -0.4 is 5.32 Å². The first kappa shape index (κ1) is 16.3. The number of H-pyrrole nitrogens is 1. The molecule has 124 valence electrons. The van der Waals surface area contributed by atoms with E-state index in [0.717, 1.165) is 21.3 Å². The van der Waals surface area contributed by atoms with Crippen molar-refractivity contribution in [1.29, 1.82) is 0 Å². The highest BCUT2D eigenvalue weighted by Crippen LogP contribution is 2.28. The SMILES string of the molecule is Cc1nc(-c2cc(F)cc(C(=O)NCCc3cnc[nH]3)c2)c(C)s1. The monoisotopic (exact) mass is 344 g/mol. The molecule has 3 rings (SSSR count). The van der Waals surface area contributed by atoms with E-state index >= 15 is 0 Å². The zero-order valence-electron chi connectivity index (χ0n) is 13.4. The molecule has 0 radical (unpaired) electrons. The van der Waals surface area contributed by atoms with Crippen LogP contribution >= 0.6 is 11.3 Å². The van der Waals surface area contributed by atoms with Crippen molar-refractivity contribution in [1.82, 2.24) is 20.3 Å². The number of hydrogen-bond acceptors (Lipinski definition) is 4. The molecule has 0 saturated heterocycles. The topological polar surface area (TPSA) is 70.7 Å². The van der Waals surface area contributed by atoms with E-state index in [0.29, 0.717) is 24.1 Å². The number of aromatic nitrogens is 3. The Morgan fingerprint density at radius 2 is 2.17 bits per heavy atom. The molecule has 0 aliphatic carbocycles. The molecule has 0 atom stereocenters. The second-order valence-electron chi connectivity index (χ2n) is 5.45. The van der Waals surface area contributed by atoms with Crippen LogP contribution in [-0.2, 0) is 6.42 Å². The molecule has 24 heavy (non-hydrogen) atoms. The predicted molar refractivity (Wildman–Crippen MR) is 91.6 cm³/mol. The number of carbonyl (C=O) groups is 1. The molecule has 3 aromatic rings. The molecular formula is C17H17FN4OS. The van der Waals surface area contributed by atoms with Gasteiger partial charge in [-0.15, -0.1) is 11.3 Å². The van der Waals surface area contributed by atoms with Crippen molar-refractivity contribution in [3.8, 4) is 11.3 Å². The summed E-state index contributed by atoms with van der Waals surface area (Å²) in [6.45, 7) is 4.29. The Morgan fingerprint density at radius 1 is 1.33 bits per heavy atom. The number of nitrogens with one attached hydrogen (secondary N) is 2. The fourth-order valence-electron chi connectivity index (χ4n) is 2.49. The van der Waals surface area contributed by atoms with Crippen LogP contribution in [0.3, 0.4) is 0 Å². The molecule has 0 aliphatic rings. The van der Waals surface area contributed by atoms with Crippen LogP contribution in [0.25, 0.3) is 11.3 Å². The Morgan fingerprint density at radius 3 is 2.83 bits per heavy atom. The Balaban J connectivity index is 1.75. The molecule has 1 amide bonds. The van der Waals surface area contributed by atoms with E-state index in [4.69, 9.17) is 0 Å². The summed E-state index contributed by atoms with van der Waals surface area (Å²) < 4.78 is 13.9. The number of imidazole rings is 1. The highest BCUT2D eigenvalue weighted by molar-refractivity contribution is 7.11. The van der Waals surface area contributed by atoms with Crippen molar-refractivity contribution in [2.45, 2.75) is 20.3 Å². The van der Waals surface area contributed by atoms with Crippen LogP contribution in [-0.4, -0.2) is 27.4 Å². The highest BCUT2D eigenvalue weighted by Gasteiger charge is 2.13. The van der Waals surface area contributed by atoms with Gasteiger partial charge in [0.05, 0.1) is 17.0 Å². The highest BCUT2D eigenvalue weighted by atomic mass is 32.1. The fraction of sp³-hybridized carbons (Fsp3) is 0.235. The molecule has 0 fully saturated rings. The lowest BCUT2D eigenvalue weighted by Crippen LogP contribution is -2.25. The lowest BCUT2D eigenvalue weighted by atomic mass is 10.1. The predicted octanol–water partition coefficient (Wildman–Crippen LogP) is 3.26. The summed E-state index contributed by atoms with van der Waals surface area (Å²) >= 11 is 1.55. The minimum atomic E-state index is -0.448. The zero-order chi connectivity index (χ0) is 17.1. The third-order valence-electron chi connectivity index (χ3n) is 3.57. The Bertz CT molecular complexity index is 858. The number of aryl methyl sites for hydroxylation is 2. The van der Waals surface area contributed by atoms with Crippen LogP contribution in [0.4, 0.5) is 4.39 Å². The summed E-state index contributed by atoms with van der Waals surface area (Å²) in [5.74, 6) is -0.754. The van der Waals surface area contributed by atoms with Gasteiger partial charge in [-0.3, -0.25) is 4.79 Å². The van der Waals surface area contributed by atoms with Crippen LogP contribution in [0, 0.1) is 19.7 Å². The molecule has 0 spiro atoms. The maximum Gasteiger partial charge on any atom is 0.251 e. The zero-order valence-corrected chi connectivity index (χ0v) is 14.2. The first-order valence-corrected chi connectivity index (χ1v) is 8.35. The summed E-state index contributed by atoms with van der Waals surface area (Å²) in [5.41, 5.74) is 2.57. The van der Waals surface area contributed by atoms with E-state index in [1.165, 1.54) is 12.1 Å². The Hall–Kier alpha value is -2.54. The molecule has 1 aromatic carbocycles. The Kier molecular flexibility index (Phi) is 4.71. The van der Waals surface area contributed by atoms with E-state index in [-0.39, 0.29) is 5.91 Å². The van der Waals surface area contributed by atoms with Crippen LogP contribution in [0.15, 0.2) is 30.7 Å². The summed E-state index contributed by atoms with van der Waals surface area (Å²) in [6.07, 6.45) is 3.94. The van der Waals surface area contributed by atoms with Gasteiger partial charge < -0.3 is 10.3 Å². The molecular weight excluding hydrogens is 327 g/mol. The average Bonchev–Trinajstić information content (AvgIpc) is 3.16. The average molecular weight is 344 g/mol. The van der Waals surface area contributed by atoms with Gasteiger partial charge in [-0.1, -0.05) is 0 Å². The standard InChI is InChI=1S/C17H17FN4OS/c1-10-16(22-11(2)24-10)12-5-13(7-14(18)6-12)17(23)20-4-3-15-8-19-9-21-15/h5-9H,3-4H2,1-2H3,(H,19,21)(H,20,23). The molecule has 0 unspecified atom stereocenters. The van der Waals surface area contributed by atoms with Gasteiger partial charge in [-0.05, 0) is 32.0 Å². The number of aromatic amines is 1. The number of benzene rings is 1. The molecule has 5 nitrogen and oxygen atoms in total. The van der Waals surface area contributed by atoms with E-state index < -0.39 is 5.82 Å². The van der Waals surface area contributed by atoms with E-state index in [1.807, 2.05) is 13.8 Å². The summed E-state index contributed by atoms with van der Waals surface area (Å²) in [4.78, 5) is 24.6. The van der Waals surface area contributed by atoms with Gasteiger partial charge in [0, 0.05) is 40.9 Å². The van der Waals surface area contributed by atoms with Crippen molar-refractivity contribution in [2.75, 3.05) is 6.54 Å². The first-order valence-electron chi connectivity index (χ1n) is 7.53. The van der Waals surface area contributed by atoms with Gasteiger partial charge in [0.25, 0.3) is 5.91 Å². The minimum absolute atomic E-state index is 0.291. The van der Waals surface area contributed by atoms with Crippen LogP contribution in [0.5, 0.6) is 0 Å². The van der Waals surface area contributed by atoms with Gasteiger partial charge in [-0.25, -0.2) is 14.4 Å². The summed E-state index contributed by atoms with van der Waals surface area (Å²) in [5, 5.41) is 3.71.